The number of nitrogens with zero attached hydrogens (tertiary/aromatic N) is 2. The molecule has 1 atom stereocenters. The van der Waals surface area contributed by atoms with Crippen LogP contribution in [0.1, 0.15) is 31.9 Å². The molecule has 1 unspecified atom stereocenters. The average Bonchev–Trinajstić information content (AvgIpc) is 2.46. The molecule has 0 amide bonds. The molecule has 0 aromatic carbocycles. The van der Waals surface area contributed by atoms with E-state index in [-0.39, 0.29) is 0 Å². The fraction of sp³-hybridized carbons (Fsp3) is 0.643. The predicted octanol–water partition coefficient (Wildman–Crippen LogP) is 3.87. The summed E-state index contributed by atoms with van der Waals surface area (Å²) in [5.74, 6) is 1.29. The van der Waals surface area contributed by atoms with Gasteiger partial charge in [-0.1, -0.05) is 18.5 Å². The molecule has 0 radical (unpaired) electrons. The monoisotopic (exact) mass is 302 g/mol. The normalized spacial score (nSPS) is 19.7. The summed E-state index contributed by atoms with van der Waals surface area (Å²) < 4.78 is 5.84. The molecular weight excluding hydrogens is 283 g/mol. The maximum Gasteiger partial charge on any atom is 0.129 e. The van der Waals surface area contributed by atoms with E-state index in [1.165, 1.54) is 0 Å². The highest BCUT2D eigenvalue weighted by molar-refractivity contribution is 6.32. The van der Waals surface area contributed by atoms with Crippen LogP contribution in [0.3, 0.4) is 0 Å². The zero-order valence-electron chi connectivity index (χ0n) is 11.2. The van der Waals surface area contributed by atoms with Gasteiger partial charge in [-0.25, -0.2) is 4.98 Å². The Morgan fingerprint density at radius 1 is 1.47 bits per heavy atom. The van der Waals surface area contributed by atoms with Gasteiger partial charge in [0.1, 0.15) is 5.82 Å². The van der Waals surface area contributed by atoms with Crippen molar-refractivity contribution >= 4 is 29.0 Å². The first-order chi connectivity index (χ1) is 9.24. The van der Waals surface area contributed by atoms with Gasteiger partial charge in [-0.05, 0) is 31.4 Å². The number of anilines is 1. The Morgan fingerprint density at radius 2 is 2.32 bits per heavy atom. The minimum atomic E-state index is 0.311. The van der Waals surface area contributed by atoms with Crippen LogP contribution < -0.4 is 4.90 Å². The molecule has 0 bridgehead atoms. The number of hydrogen-bond donors (Lipinski definition) is 0. The highest BCUT2D eigenvalue weighted by atomic mass is 35.5. The maximum absolute atomic E-state index is 6.04. The Labute approximate surface area is 124 Å². The van der Waals surface area contributed by atoms with Crippen LogP contribution in [0.4, 0.5) is 5.82 Å². The fourth-order valence-electron chi connectivity index (χ4n) is 2.31. The van der Waals surface area contributed by atoms with Crippen molar-refractivity contribution in [1.29, 1.82) is 0 Å². The molecule has 1 aliphatic rings. The summed E-state index contributed by atoms with van der Waals surface area (Å²) in [6.45, 7) is 4.88. The first kappa shape index (κ1) is 14.9. The number of piperidine rings is 1. The van der Waals surface area contributed by atoms with E-state index < -0.39 is 0 Å². The zero-order chi connectivity index (χ0) is 13.7. The van der Waals surface area contributed by atoms with Gasteiger partial charge in [-0.15, -0.1) is 11.6 Å². The summed E-state index contributed by atoms with van der Waals surface area (Å²) in [5, 5.41) is 0.634. The Kier molecular flexibility index (Phi) is 5.74. The van der Waals surface area contributed by atoms with Gasteiger partial charge < -0.3 is 9.64 Å². The number of pyridine rings is 1. The Balaban J connectivity index is 2.04. The molecule has 0 aliphatic carbocycles. The molecule has 0 saturated carbocycles. The third-order valence-corrected chi connectivity index (χ3v) is 3.89. The van der Waals surface area contributed by atoms with Gasteiger partial charge in [0.2, 0.25) is 0 Å². The first-order valence-electron chi connectivity index (χ1n) is 6.82. The van der Waals surface area contributed by atoms with E-state index in [9.17, 15) is 0 Å². The van der Waals surface area contributed by atoms with Crippen molar-refractivity contribution in [2.75, 3.05) is 24.6 Å². The predicted molar refractivity (Wildman–Crippen MR) is 80.3 cm³/mol. The van der Waals surface area contributed by atoms with Crippen molar-refractivity contribution in [3.05, 3.63) is 22.8 Å². The van der Waals surface area contributed by atoms with Crippen molar-refractivity contribution < 1.29 is 4.74 Å². The van der Waals surface area contributed by atoms with Crippen molar-refractivity contribution in [2.24, 2.45) is 0 Å². The van der Waals surface area contributed by atoms with E-state index in [2.05, 4.69) is 16.8 Å². The van der Waals surface area contributed by atoms with Crippen LogP contribution in [0.5, 0.6) is 0 Å². The molecule has 2 heterocycles. The lowest BCUT2D eigenvalue weighted by molar-refractivity contribution is 0.0439. The van der Waals surface area contributed by atoms with Crippen LogP contribution in [0, 0.1) is 0 Å². The second-order valence-corrected chi connectivity index (χ2v) is 5.49. The third kappa shape index (κ3) is 3.98. The van der Waals surface area contributed by atoms with Gasteiger partial charge in [0, 0.05) is 19.7 Å². The second-order valence-electron chi connectivity index (χ2n) is 4.81. The number of ether oxygens (including phenoxy) is 1. The minimum absolute atomic E-state index is 0.311. The second kappa shape index (κ2) is 7.32. The summed E-state index contributed by atoms with van der Waals surface area (Å²) in [7, 11) is 0. The van der Waals surface area contributed by atoms with Gasteiger partial charge in [-0.2, -0.15) is 0 Å². The largest absolute Gasteiger partial charge is 0.376 e. The van der Waals surface area contributed by atoms with Gasteiger partial charge in [-0.3, -0.25) is 0 Å². The van der Waals surface area contributed by atoms with Crippen LogP contribution >= 0.6 is 23.2 Å². The summed E-state index contributed by atoms with van der Waals surface area (Å²) in [5.41, 5.74) is 0.748. The smallest absolute Gasteiger partial charge is 0.129 e. The molecule has 19 heavy (non-hydrogen) atoms. The molecule has 0 N–H and O–H groups in total. The summed E-state index contributed by atoms with van der Waals surface area (Å²) in [6, 6.07) is 3.83. The minimum Gasteiger partial charge on any atom is -0.376 e. The summed E-state index contributed by atoms with van der Waals surface area (Å²) in [6.07, 6.45) is 3.64. The molecule has 106 valence electrons. The standard InChI is InChI=1S/C14H20Cl2N2O/c1-2-8-19-11-4-3-7-18(10-11)14-6-5-12(16)13(9-15)17-14/h5-6,11H,2-4,7-10H2,1H3. The molecule has 1 fully saturated rings. The van der Waals surface area contributed by atoms with Crippen LogP contribution in [0.2, 0.25) is 5.02 Å². The maximum atomic E-state index is 6.04. The SMILES string of the molecule is CCCOC1CCCN(c2ccc(Cl)c(CCl)n2)C1. The zero-order valence-corrected chi connectivity index (χ0v) is 12.8. The molecule has 1 saturated heterocycles. The molecule has 1 aromatic heterocycles. The Hall–Kier alpha value is -0.510. The lowest BCUT2D eigenvalue weighted by Gasteiger charge is -2.33. The quantitative estimate of drug-likeness (QED) is 0.772. The van der Waals surface area contributed by atoms with Gasteiger partial charge in [0.15, 0.2) is 0 Å². The first-order valence-corrected chi connectivity index (χ1v) is 7.73. The molecule has 5 heteroatoms. The van der Waals surface area contributed by atoms with E-state index in [1.54, 1.807) is 0 Å². The number of hydrogen-bond acceptors (Lipinski definition) is 3. The molecule has 2 rings (SSSR count). The van der Waals surface area contributed by atoms with E-state index in [0.717, 1.165) is 50.5 Å². The van der Waals surface area contributed by atoms with E-state index in [1.807, 2.05) is 12.1 Å². The van der Waals surface area contributed by atoms with Crippen molar-refractivity contribution in [1.82, 2.24) is 4.98 Å². The number of aromatic nitrogens is 1. The highest BCUT2D eigenvalue weighted by Crippen LogP contribution is 2.24. The Morgan fingerprint density at radius 3 is 3.05 bits per heavy atom. The molecule has 3 nitrogen and oxygen atoms in total. The topological polar surface area (TPSA) is 25.4 Å². The van der Waals surface area contributed by atoms with E-state index in [0.29, 0.717) is 17.0 Å². The summed E-state index contributed by atoms with van der Waals surface area (Å²) >= 11 is 11.9. The van der Waals surface area contributed by atoms with Crippen molar-refractivity contribution in [2.45, 2.75) is 38.2 Å². The van der Waals surface area contributed by atoms with E-state index >= 15 is 0 Å². The van der Waals surface area contributed by atoms with Crippen LogP contribution in [0.25, 0.3) is 0 Å². The van der Waals surface area contributed by atoms with Gasteiger partial charge in [0.05, 0.1) is 22.7 Å². The van der Waals surface area contributed by atoms with Crippen LogP contribution in [0.15, 0.2) is 12.1 Å². The average molecular weight is 303 g/mol. The molecule has 1 aromatic rings. The highest BCUT2D eigenvalue weighted by Gasteiger charge is 2.21. The van der Waals surface area contributed by atoms with Gasteiger partial charge in [0.25, 0.3) is 0 Å². The number of halogens is 2. The Bertz CT molecular complexity index is 414. The van der Waals surface area contributed by atoms with Crippen molar-refractivity contribution in [3.63, 3.8) is 0 Å². The van der Waals surface area contributed by atoms with Gasteiger partial charge >= 0.3 is 0 Å². The van der Waals surface area contributed by atoms with Crippen LogP contribution in [-0.4, -0.2) is 30.8 Å². The molecular formula is C14H20Cl2N2O. The van der Waals surface area contributed by atoms with E-state index in [4.69, 9.17) is 27.9 Å². The number of alkyl halides is 1. The molecule has 1 aliphatic heterocycles. The third-order valence-electron chi connectivity index (χ3n) is 3.29. The van der Waals surface area contributed by atoms with Crippen LogP contribution in [-0.2, 0) is 10.6 Å². The fourth-order valence-corrected chi connectivity index (χ4v) is 2.75. The van der Waals surface area contributed by atoms with Crippen molar-refractivity contribution in [3.8, 4) is 0 Å². The number of rotatable bonds is 5. The lowest BCUT2D eigenvalue weighted by Crippen LogP contribution is -2.40. The summed E-state index contributed by atoms with van der Waals surface area (Å²) in [4.78, 5) is 6.80. The lowest BCUT2D eigenvalue weighted by atomic mass is 10.1. The molecule has 0 spiro atoms.